The van der Waals surface area contributed by atoms with Gasteiger partial charge in [0, 0.05) is 17.1 Å². The Hall–Kier alpha value is -3.93. The van der Waals surface area contributed by atoms with Gasteiger partial charge in [0.1, 0.15) is 34.4 Å². The normalized spacial score (nSPS) is 28.1. The number of furan rings is 1. The Morgan fingerprint density at radius 3 is 2.48 bits per heavy atom. The molecule has 42 heavy (non-hydrogen) atoms. The van der Waals surface area contributed by atoms with E-state index in [0.29, 0.717) is 23.4 Å². The minimum atomic E-state index is -2.66. The Kier molecular flexibility index (Phi) is 6.79. The number of rotatable bonds is 5. The maximum atomic E-state index is 14.0. The van der Waals surface area contributed by atoms with Crippen molar-refractivity contribution in [3.63, 3.8) is 0 Å². The Balaban J connectivity index is 1.44. The highest BCUT2D eigenvalue weighted by molar-refractivity contribution is 6.24. The summed E-state index contributed by atoms with van der Waals surface area (Å²) in [6.07, 6.45) is 3.76. The zero-order valence-corrected chi connectivity index (χ0v) is 23.6. The quantitative estimate of drug-likeness (QED) is 0.331. The van der Waals surface area contributed by atoms with E-state index in [1.165, 1.54) is 17.4 Å². The van der Waals surface area contributed by atoms with Gasteiger partial charge in [-0.3, -0.25) is 24.2 Å². The molecule has 6 N–H and O–H groups in total. The summed E-state index contributed by atoms with van der Waals surface area (Å²) in [5.74, 6) is -5.40. The smallest absolute Gasteiger partial charge is 0.255 e. The number of nitrogens with zero attached hydrogens (tertiary/aromatic N) is 2. The number of carbonyl (C=O) groups is 3. The molecule has 11 heteroatoms. The van der Waals surface area contributed by atoms with Crippen molar-refractivity contribution in [1.29, 1.82) is 0 Å². The lowest BCUT2D eigenvalue weighted by atomic mass is 9.57. The number of aromatic hydroxyl groups is 1. The summed E-state index contributed by atoms with van der Waals surface area (Å²) < 4.78 is 6.22. The summed E-state index contributed by atoms with van der Waals surface area (Å²) >= 11 is 0. The van der Waals surface area contributed by atoms with Gasteiger partial charge in [-0.25, -0.2) is 0 Å². The number of likely N-dealkylation sites (N-methyl/N-ethyl adjacent to an activating group) is 1. The van der Waals surface area contributed by atoms with Crippen molar-refractivity contribution in [2.45, 2.75) is 50.3 Å². The zero-order valence-electron chi connectivity index (χ0n) is 23.6. The van der Waals surface area contributed by atoms with Gasteiger partial charge in [-0.05, 0) is 88.6 Å². The third kappa shape index (κ3) is 4.10. The van der Waals surface area contributed by atoms with Gasteiger partial charge in [0.05, 0.1) is 18.2 Å². The maximum absolute atomic E-state index is 14.0. The van der Waals surface area contributed by atoms with Crippen molar-refractivity contribution in [2.24, 2.45) is 17.6 Å². The molecule has 6 rings (SSSR count). The van der Waals surface area contributed by atoms with Gasteiger partial charge in [-0.1, -0.05) is 6.42 Å². The highest BCUT2D eigenvalue weighted by atomic mass is 16.4. The lowest BCUT2D eigenvalue weighted by Crippen LogP contribution is -2.65. The van der Waals surface area contributed by atoms with Crippen molar-refractivity contribution < 1.29 is 39.2 Å². The van der Waals surface area contributed by atoms with E-state index in [4.69, 9.17) is 10.2 Å². The van der Waals surface area contributed by atoms with Crippen molar-refractivity contribution in [3.8, 4) is 17.1 Å². The van der Waals surface area contributed by atoms with Crippen LogP contribution in [0, 0.1) is 11.8 Å². The number of nitrogens with two attached hydrogens (primary N) is 1. The first-order chi connectivity index (χ1) is 19.9. The second-order valence-electron chi connectivity index (χ2n) is 12.1. The third-order valence-corrected chi connectivity index (χ3v) is 9.36. The molecule has 1 aliphatic heterocycles. The number of ketones is 2. The van der Waals surface area contributed by atoms with Crippen LogP contribution in [0.2, 0.25) is 0 Å². The number of hydrogen-bond acceptors (Lipinski definition) is 10. The molecule has 0 bridgehead atoms. The fraction of sp³-hybridized carbons (Fsp3) is 0.452. The average molecular weight is 578 g/mol. The Morgan fingerprint density at radius 2 is 1.81 bits per heavy atom. The molecule has 0 radical (unpaired) electrons. The molecule has 222 valence electrons. The number of phenols is 1. The van der Waals surface area contributed by atoms with Crippen LogP contribution in [0.3, 0.4) is 0 Å². The number of hydrogen-bond donors (Lipinski definition) is 5. The number of aliphatic hydroxyl groups excluding tert-OH is 2. The highest BCUT2D eigenvalue weighted by Crippen LogP contribution is 2.53. The molecule has 3 aliphatic carbocycles. The van der Waals surface area contributed by atoms with Gasteiger partial charge in [0.25, 0.3) is 5.91 Å². The van der Waals surface area contributed by atoms with Crippen LogP contribution in [0.5, 0.6) is 5.75 Å². The van der Waals surface area contributed by atoms with Crippen molar-refractivity contribution in [2.75, 3.05) is 27.2 Å². The highest BCUT2D eigenvalue weighted by Gasteiger charge is 2.64. The molecule has 1 amide bonds. The largest absolute Gasteiger partial charge is 0.508 e. The van der Waals surface area contributed by atoms with Gasteiger partial charge < -0.3 is 30.6 Å². The van der Waals surface area contributed by atoms with E-state index >= 15 is 0 Å². The Labute approximate surface area is 242 Å². The topological polar surface area (TPSA) is 178 Å². The van der Waals surface area contributed by atoms with Gasteiger partial charge in [0.15, 0.2) is 11.4 Å². The van der Waals surface area contributed by atoms with Crippen LogP contribution >= 0.6 is 0 Å². The fourth-order valence-electron chi connectivity index (χ4n) is 7.42. The number of primary amides is 1. The number of fused-ring (bicyclic) bond motifs is 3. The summed E-state index contributed by atoms with van der Waals surface area (Å²) in [4.78, 5) is 43.2. The molecule has 2 aromatic rings. The summed E-state index contributed by atoms with van der Waals surface area (Å²) in [5, 5.41) is 45.0. The number of phenolic OH excluding ortho intramolecular Hbond substituents is 1. The van der Waals surface area contributed by atoms with E-state index in [-0.39, 0.29) is 29.7 Å². The zero-order chi connectivity index (χ0) is 30.1. The Bertz CT molecular complexity index is 1560. The monoisotopic (exact) mass is 577 g/mol. The third-order valence-electron chi connectivity index (χ3n) is 9.36. The second kappa shape index (κ2) is 10.1. The number of piperidine rings is 1. The SMILES string of the molecule is CN(C)[C@@H]1C(=O)C(C(N)=O)=C(O)[C@@]2(O)C(=O)C3=C(O)c4c(O)ccc(-c5ccc(CN6CCCCC6)o5)c4C[C@H]3C[C@@H]12. The summed E-state index contributed by atoms with van der Waals surface area (Å²) in [7, 11) is 3.14. The molecular weight excluding hydrogens is 542 g/mol. The number of benzene rings is 1. The van der Waals surface area contributed by atoms with E-state index in [9.17, 15) is 34.8 Å². The first kappa shape index (κ1) is 28.2. The minimum absolute atomic E-state index is 0.0270. The lowest BCUT2D eigenvalue weighted by molar-refractivity contribution is -0.153. The van der Waals surface area contributed by atoms with Crippen LogP contribution in [0.4, 0.5) is 0 Å². The van der Waals surface area contributed by atoms with Crippen LogP contribution in [0.1, 0.15) is 42.6 Å². The molecule has 1 saturated heterocycles. The number of Topliss-reactive ketones (excluding diaryl/α,β-unsaturated/α-hetero) is 2. The van der Waals surface area contributed by atoms with E-state index in [2.05, 4.69) is 4.90 Å². The van der Waals surface area contributed by atoms with E-state index < -0.39 is 58.0 Å². The molecule has 2 fully saturated rings. The molecule has 4 atom stereocenters. The van der Waals surface area contributed by atoms with Crippen molar-refractivity contribution in [1.82, 2.24) is 9.80 Å². The number of aliphatic hydroxyl groups is 3. The van der Waals surface area contributed by atoms with E-state index in [1.807, 2.05) is 12.1 Å². The average Bonchev–Trinajstić information content (AvgIpc) is 3.39. The molecular formula is C31H35N3O8. The number of likely N-dealkylation sites (tertiary alicyclic amines) is 1. The van der Waals surface area contributed by atoms with Crippen LogP contribution in [0.15, 0.2) is 45.6 Å². The molecule has 1 aromatic carbocycles. The Morgan fingerprint density at radius 1 is 1.10 bits per heavy atom. The maximum Gasteiger partial charge on any atom is 0.255 e. The molecule has 0 spiro atoms. The van der Waals surface area contributed by atoms with E-state index in [1.54, 1.807) is 20.2 Å². The van der Waals surface area contributed by atoms with E-state index in [0.717, 1.165) is 31.7 Å². The molecule has 4 aliphatic rings. The molecule has 11 nitrogen and oxygen atoms in total. The first-order valence-electron chi connectivity index (χ1n) is 14.3. The summed E-state index contributed by atoms with van der Waals surface area (Å²) in [6.45, 7) is 2.70. The molecule has 0 unspecified atom stereocenters. The van der Waals surface area contributed by atoms with Crippen LogP contribution in [-0.2, 0) is 27.3 Å². The summed E-state index contributed by atoms with van der Waals surface area (Å²) in [5.41, 5.74) is 2.96. The fourth-order valence-corrected chi connectivity index (χ4v) is 7.42. The van der Waals surface area contributed by atoms with Gasteiger partial charge in [0.2, 0.25) is 5.78 Å². The number of amides is 1. The predicted octanol–water partition coefficient (Wildman–Crippen LogP) is 2.21. The first-order valence-corrected chi connectivity index (χ1v) is 14.3. The van der Waals surface area contributed by atoms with Crippen LogP contribution in [0.25, 0.3) is 17.1 Å². The standard InChI is InChI=1S/C31H35N3O8/c1-33(2)25-19-13-15-12-18-17(21-9-6-16(42-21)14-34-10-4-3-5-11-34)7-8-20(35)23(18)26(36)22(15)28(38)31(19,41)29(39)24(27(25)37)30(32)40/h6-9,15,19,25,35-36,39,41H,3-5,10-14H2,1-2H3,(H2,32,40)/t15-,19-,25-,31-/m0/s1. The molecule has 2 heterocycles. The van der Waals surface area contributed by atoms with Crippen molar-refractivity contribution >= 4 is 23.2 Å². The van der Waals surface area contributed by atoms with Gasteiger partial charge in [-0.15, -0.1) is 0 Å². The second-order valence-corrected chi connectivity index (χ2v) is 12.1. The lowest BCUT2D eigenvalue weighted by Gasteiger charge is -2.50. The predicted molar refractivity (Wildman–Crippen MR) is 151 cm³/mol. The van der Waals surface area contributed by atoms with Crippen molar-refractivity contribution in [3.05, 3.63) is 58.1 Å². The minimum Gasteiger partial charge on any atom is -0.508 e. The van der Waals surface area contributed by atoms with Gasteiger partial charge >= 0.3 is 0 Å². The molecule has 1 saturated carbocycles. The van der Waals surface area contributed by atoms with Crippen LogP contribution in [-0.4, -0.2) is 86.5 Å². The summed E-state index contributed by atoms with van der Waals surface area (Å²) in [6, 6.07) is 5.75. The number of carbonyl (C=O) groups excluding carboxylic acids is 3. The van der Waals surface area contributed by atoms with Crippen LogP contribution < -0.4 is 5.73 Å². The molecule has 1 aromatic heterocycles. The van der Waals surface area contributed by atoms with Gasteiger partial charge in [-0.2, -0.15) is 0 Å².